The van der Waals surface area contributed by atoms with Gasteiger partial charge in [0.2, 0.25) is 0 Å². The highest BCUT2D eigenvalue weighted by Gasteiger charge is 2.22. The van der Waals surface area contributed by atoms with E-state index < -0.39 is 0 Å². The van der Waals surface area contributed by atoms with E-state index in [0.717, 1.165) is 24.4 Å². The highest BCUT2D eigenvalue weighted by Crippen LogP contribution is 2.18. The van der Waals surface area contributed by atoms with E-state index in [1.807, 2.05) is 6.07 Å². The molecule has 0 spiro atoms. The number of piperidine rings is 1. The third kappa shape index (κ3) is 4.59. The van der Waals surface area contributed by atoms with Gasteiger partial charge >= 0.3 is 0 Å². The van der Waals surface area contributed by atoms with Crippen molar-refractivity contribution in [3.63, 3.8) is 0 Å². The molecule has 0 amide bonds. The molecule has 2 unspecified atom stereocenters. The van der Waals surface area contributed by atoms with E-state index in [1.54, 1.807) is 12.1 Å². The quantitative estimate of drug-likeness (QED) is 0.879. The van der Waals surface area contributed by atoms with E-state index in [1.165, 1.54) is 32.0 Å². The van der Waals surface area contributed by atoms with Crippen LogP contribution in [0.25, 0.3) is 0 Å². The lowest BCUT2D eigenvalue weighted by molar-refractivity contribution is 0.179. The Bertz CT molecular complexity index is 394. The molecule has 1 aliphatic heterocycles. The predicted octanol–water partition coefficient (Wildman–Crippen LogP) is 2.69. The van der Waals surface area contributed by atoms with E-state index >= 15 is 0 Å². The fourth-order valence-corrected chi connectivity index (χ4v) is 2.92. The van der Waals surface area contributed by atoms with Crippen LogP contribution in [0, 0.1) is 11.7 Å². The second-order valence-corrected chi connectivity index (χ2v) is 5.79. The van der Waals surface area contributed by atoms with Crippen molar-refractivity contribution in [2.24, 2.45) is 5.92 Å². The molecule has 1 saturated heterocycles. The summed E-state index contributed by atoms with van der Waals surface area (Å²) >= 11 is 0. The Labute approximate surface area is 116 Å². The average molecular weight is 264 g/mol. The second-order valence-electron chi connectivity index (χ2n) is 5.79. The van der Waals surface area contributed by atoms with Crippen molar-refractivity contribution in [3.05, 3.63) is 35.6 Å². The molecule has 1 aromatic rings. The molecule has 1 aliphatic rings. The minimum atomic E-state index is -0.139. The van der Waals surface area contributed by atoms with Crippen molar-refractivity contribution in [1.29, 1.82) is 0 Å². The third-order valence-corrected chi connectivity index (χ3v) is 4.14. The minimum Gasteiger partial charge on any atom is -0.314 e. The molecular formula is C16H25FN2. The Kier molecular flexibility index (Phi) is 5.34. The van der Waals surface area contributed by atoms with Gasteiger partial charge in [-0.1, -0.05) is 12.1 Å². The smallest absolute Gasteiger partial charge is 0.123 e. The van der Waals surface area contributed by atoms with E-state index in [9.17, 15) is 4.39 Å². The molecular weight excluding hydrogens is 239 g/mol. The van der Waals surface area contributed by atoms with Crippen molar-refractivity contribution in [2.45, 2.75) is 32.2 Å². The molecule has 2 nitrogen and oxygen atoms in total. The molecule has 2 atom stereocenters. The number of nitrogens with one attached hydrogen (secondary N) is 1. The molecule has 0 saturated carbocycles. The molecule has 106 valence electrons. The molecule has 19 heavy (non-hydrogen) atoms. The zero-order valence-corrected chi connectivity index (χ0v) is 12.0. The van der Waals surface area contributed by atoms with Crippen LogP contribution < -0.4 is 5.32 Å². The fourth-order valence-electron chi connectivity index (χ4n) is 2.92. The van der Waals surface area contributed by atoms with Crippen LogP contribution in [0.15, 0.2) is 24.3 Å². The molecule has 1 heterocycles. The van der Waals surface area contributed by atoms with Gasteiger partial charge in [0, 0.05) is 12.6 Å². The van der Waals surface area contributed by atoms with Crippen LogP contribution in [0.1, 0.15) is 25.3 Å². The first-order valence-electron chi connectivity index (χ1n) is 7.31. The van der Waals surface area contributed by atoms with Gasteiger partial charge in [0.05, 0.1) is 0 Å². The van der Waals surface area contributed by atoms with Crippen LogP contribution in [-0.2, 0) is 6.42 Å². The van der Waals surface area contributed by atoms with E-state index in [4.69, 9.17) is 0 Å². The summed E-state index contributed by atoms with van der Waals surface area (Å²) in [4.78, 5) is 2.42. The maximum atomic E-state index is 13.1. The average Bonchev–Trinajstić information content (AvgIpc) is 2.38. The van der Waals surface area contributed by atoms with Gasteiger partial charge in [-0.05, 0) is 69.9 Å². The van der Waals surface area contributed by atoms with E-state index in [2.05, 4.69) is 24.2 Å². The van der Waals surface area contributed by atoms with Gasteiger partial charge in [-0.2, -0.15) is 0 Å². The van der Waals surface area contributed by atoms with Crippen molar-refractivity contribution < 1.29 is 4.39 Å². The summed E-state index contributed by atoms with van der Waals surface area (Å²) < 4.78 is 13.1. The fraction of sp³-hybridized carbons (Fsp3) is 0.625. The van der Waals surface area contributed by atoms with Gasteiger partial charge in [0.1, 0.15) is 5.82 Å². The maximum absolute atomic E-state index is 13.1. The van der Waals surface area contributed by atoms with Crippen molar-refractivity contribution in [1.82, 2.24) is 10.2 Å². The predicted molar refractivity (Wildman–Crippen MR) is 77.8 cm³/mol. The van der Waals surface area contributed by atoms with Crippen molar-refractivity contribution >= 4 is 0 Å². The normalized spacial score (nSPS) is 22.4. The Hall–Kier alpha value is -0.930. The van der Waals surface area contributed by atoms with E-state index in [-0.39, 0.29) is 5.82 Å². The van der Waals surface area contributed by atoms with Crippen LogP contribution in [0.5, 0.6) is 0 Å². The summed E-state index contributed by atoms with van der Waals surface area (Å²) in [6.45, 7) is 5.61. The zero-order chi connectivity index (χ0) is 13.7. The van der Waals surface area contributed by atoms with Gasteiger partial charge in [-0.3, -0.25) is 0 Å². The topological polar surface area (TPSA) is 15.3 Å². The molecule has 0 radical (unpaired) electrons. The van der Waals surface area contributed by atoms with Gasteiger partial charge in [0.15, 0.2) is 0 Å². The van der Waals surface area contributed by atoms with Crippen LogP contribution in [0.2, 0.25) is 0 Å². The number of likely N-dealkylation sites (tertiary alicyclic amines) is 1. The lowest BCUT2D eigenvalue weighted by Crippen LogP contribution is -2.43. The lowest BCUT2D eigenvalue weighted by atomic mass is 9.92. The Morgan fingerprint density at radius 2 is 2.32 bits per heavy atom. The lowest BCUT2D eigenvalue weighted by Gasteiger charge is -2.34. The first-order valence-corrected chi connectivity index (χ1v) is 7.31. The van der Waals surface area contributed by atoms with Crippen LogP contribution in [0.4, 0.5) is 4.39 Å². The highest BCUT2D eigenvalue weighted by atomic mass is 19.1. The number of halogens is 1. The van der Waals surface area contributed by atoms with Crippen LogP contribution >= 0.6 is 0 Å². The van der Waals surface area contributed by atoms with Gasteiger partial charge in [0.25, 0.3) is 0 Å². The number of hydrogen-bond acceptors (Lipinski definition) is 2. The molecule has 0 aliphatic carbocycles. The second kappa shape index (κ2) is 7.01. The monoisotopic (exact) mass is 264 g/mol. The third-order valence-electron chi connectivity index (χ3n) is 4.14. The van der Waals surface area contributed by atoms with Crippen molar-refractivity contribution in [2.75, 3.05) is 26.7 Å². The SMILES string of the molecule is CC(NCCc1cccc(F)c1)C1CCCN(C)C1. The number of rotatable bonds is 5. The zero-order valence-electron chi connectivity index (χ0n) is 12.0. The first kappa shape index (κ1) is 14.5. The van der Waals surface area contributed by atoms with Crippen molar-refractivity contribution in [3.8, 4) is 0 Å². The van der Waals surface area contributed by atoms with Crippen LogP contribution in [-0.4, -0.2) is 37.6 Å². The largest absolute Gasteiger partial charge is 0.314 e. The summed E-state index contributed by atoms with van der Waals surface area (Å²) in [7, 11) is 2.20. The summed E-state index contributed by atoms with van der Waals surface area (Å²) in [5.74, 6) is 0.603. The number of hydrogen-bond donors (Lipinski definition) is 1. The first-order chi connectivity index (χ1) is 9.15. The number of benzene rings is 1. The van der Waals surface area contributed by atoms with Gasteiger partial charge in [-0.15, -0.1) is 0 Å². The molecule has 1 fully saturated rings. The molecule has 1 N–H and O–H groups in total. The molecule has 1 aromatic carbocycles. The maximum Gasteiger partial charge on any atom is 0.123 e. The van der Waals surface area contributed by atoms with Crippen LogP contribution in [0.3, 0.4) is 0 Å². The van der Waals surface area contributed by atoms with Gasteiger partial charge in [-0.25, -0.2) is 4.39 Å². The molecule has 3 heteroatoms. The molecule has 0 aromatic heterocycles. The molecule has 2 rings (SSSR count). The minimum absolute atomic E-state index is 0.139. The number of nitrogens with zero attached hydrogens (tertiary/aromatic N) is 1. The van der Waals surface area contributed by atoms with E-state index in [0.29, 0.717) is 6.04 Å². The Morgan fingerprint density at radius 1 is 1.47 bits per heavy atom. The summed E-state index contributed by atoms with van der Waals surface area (Å²) in [6.07, 6.45) is 3.51. The summed E-state index contributed by atoms with van der Waals surface area (Å²) in [5, 5.41) is 3.59. The summed E-state index contributed by atoms with van der Waals surface area (Å²) in [6, 6.07) is 7.43. The Balaban J connectivity index is 1.73. The Morgan fingerprint density at radius 3 is 3.05 bits per heavy atom. The highest BCUT2D eigenvalue weighted by molar-refractivity contribution is 5.16. The molecule has 0 bridgehead atoms. The summed E-state index contributed by atoms with van der Waals surface area (Å²) in [5.41, 5.74) is 1.07. The van der Waals surface area contributed by atoms with Gasteiger partial charge < -0.3 is 10.2 Å². The standard InChI is InChI=1S/C16H25FN2/c1-13(15-6-4-10-19(2)12-15)18-9-8-14-5-3-7-16(17)11-14/h3,5,7,11,13,15,18H,4,6,8-10,12H2,1-2H3.